The van der Waals surface area contributed by atoms with Crippen LogP contribution in [0.5, 0.6) is 11.5 Å². The molecule has 0 aromatic heterocycles. The van der Waals surface area contributed by atoms with E-state index in [0.717, 1.165) is 11.1 Å². The lowest BCUT2D eigenvalue weighted by molar-refractivity contribution is 0.387. The van der Waals surface area contributed by atoms with Gasteiger partial charge in [-0.1, -0.05) is 12.1 Å². The Morgan fingerprint density at radius 2 is 1.59 bits per heavy atom. The summed E-state index contributed by atoms with van der Waals surface area (Å²) in [4.78, 5) is 4.22. The maximum absolute atomic E-state index is 9.78. The molecule has 1 atom stereocenters. The second-order valence-corrected chi connectivity index (χ2v) is 6.28. The molecule has 2 aromatic carbocycles. The highest BCUT2D eigenvalue weighted by Gasteiger charge is 2.36. The van der Waals surface area contributed by atoms with E-state index in [1.165, 1.54) is 0 Å². The maximum atomic E-state index is 9.78. The van der Waals surface area contributed by atoms with E-state index in [1.807, 2.05) is 48.5 Å². The van der Waals surface area contributed by atoms with Crippen molar-refractivity contribution in [2.45, 2.75) is 5.92 Å². The minimum absolute atomic E-state index is 0.0141. The standard InChI is InChI=1S/C22H22N4O3/c1-26-22-19(20(24)14-6-10-16(28-3)11-7-14)18(17(12-23)21(25)29-22)13-4-8-15(27-2)9-5-13/h4-11,18H,24-25H2,1-3H3. The molecule has 7 nitrogen and oxygen atoms in total. The summed E-state index contributed by atoms with van der Waals surface area (Å²) in [6.45, 7) is 0. The molecule has 148 valence electrons. The number of methoxy groups -OCH3 is 2. The summed E-state index contributed by atoms with van der Waals surface area (Å²) in [5, 5.41) is 9.78. The lowest BCUT2D eigenvalue weighted by Gasteiger charge is -2.29. The second-order valence-electron chi connectivity index (χ2n) is 6.28. The first kappa shape index (κ1) is 19.8. The van der Waals surface area contributed by atoms with Gasteiger partial charge in [-0.3, -0.25) is 4.99 Å². The Hall–Kier alpha value is -3.92. The fourth-order valence-electron chi connectivity index (χ4n) is 3.24. The second kappa shape index (κ2) is 8.40. The van der Waals surface area contributed by atoms with E-state index in [2.05, 4.69) is 11.1 Å². The van der Waals surface area contributed by atoms with E-state index in [1.54, 1.807) is 21.3 Å². The Labute approximate surface area is 169 Å². The first-order chi connectivity index (χ1) is 14.0. The summed E-state index contributed by atoms with van der Waals surface area (Å²) < 4.78 is 16.1. The van der Waals surface area contributed by atoms with Crippen molar-refractivity contribution >= 4 is 11.6 Å². The van der Waals surface area contributed by atoms with Crippen molar-refractivity contribution in [2.24, 2.45) is 16.5 Å². The van der Waals surface area contributed by atoms with Crippen LogP contribution in [0.1, 0.15) is 17.0 Å². The van der Waals surface area contributed by atoms with Crippen molar-refractivity contribution < 1.29 is 14.2 Å². The van der Waals surface area contributed by atoms with Crippen LogP contribution >= 0.6 is 0 Å². The molecular weight excluding hydrogens is 368 g/mol. The summed E-state index contributed by atoms with van der Waals surface area (Å²) in [6.07, 6.45) is 0. The molecule has 1 unspecified atom stereocenters. The van der Waals surface area contributed by atoms with Crippen LogP contribution in [0.15, 0.2) is 70.6 Å². The van der Waals surface area contributed by atoms with Gasteiger partial charge in [0.15, 0.2) is 0 Å². The zero-order valence-electron chi connectivity index (χ0n) is 16.5. The van der Waals surface area contributed by atoms with E-state index in [4.69, 9.17) is 25.7 Å². The normalized spacial score (nSPS) is 19.4. The predicted molar refractivity (Wildman–Crippen MR) is 111 cm³/mol. The van der Waals surface area contributed by atoms with Crippen molar-refractivity contribution in [3.8, 4) is 17.6 Å². The Morgan fingerprint density at radius 1 is 1.03 bits per heavy atom. The third-order valence-corrected chi connectivity index (χ3v) is 4.74. The molecule has 1 aliphatic rings. The molecule has 0 spiro atoms. The smallest absolute Gasteiger partial charge is 0.222 e. The largest absolute Gasteiger partial charge is 0.497 e. The highest BCUT2D eigenvalue weighted by atomic mass is 16.5. The van der Waals surface area contributed by atoms with Crippen LogP contribution in [-0.2, 0) is 4.74 Å². The fraction of sp³-hybridized carbons (Fsp3) is 0.182. The number of allylic oxidation sites excluding steroid dienone is 1. The minimum atomic E-state index is -0.527. The van der Waals surface area contributed by atoms with E-state index in [0.29, 0.717) is 22.8 Å². The number of ether oxygens (including phenoxy) is 3. The third-order valence-electron chi connectivity index (χ3n) is 4.74. The molecular formula is C22H22N4O3. The predicted octanol–water partition coefficient (Wildman–Crippen LogP) is 2.91. The summed E-state index contributed by atoms with van der Waals surface area (Å²) in [5.74, 6) is 1.18. The van der Waals surface area contributed by atoms with Crippen molar-refractivity contribution in [1.82, 2.24) is 0 Å². The summed E-state index contributed by atoms with van der Waals surface area (Å²) in [7, 11) is 4.78. The summed E-state index contributed by atoms with van der Waals surface area (Å²) >= 11 is 0. The summed E-state index contributed by atoms with van der Waals surface area (Å²) in [6, 6.07) is 16.8. The topological polar surface area (TPSA) is 116 Å². The van der Waals surface area contributed by atoms with Crippen LogP contribution in [0.4, 0.5) is 0 Å². The monoisotopic (exact) mass is 390 g/mol. The average Bonchev–Trinajstić information content (AvgIpc) is 2.77. The highest BCUT2D eigenvalue weighted by Crippen LogP contribution is 2.40. The Balaban J connectivity index is 2.24. The molecule has 0 fully saturated rings. The number of hydrogen-bond donors (Lipinski definition) is 2. The minimum Gasteiger partial charge on any atom is -0.497 e. The van der Waals surface area contributed by atoms with Gasteiger partial charge in [0.25, 0.3) is 0 Å². The molecule has 1 aliphatic heterocycles. The molecule has 2 aromatic rings. The summed E-state index contributed by atoms with van der Waals surface area (Å²) in [5.41, 5.74) is 15.4. The van der Waals surface area contributed by atoms with Crippen molar-refractivity contribution in [2.75, 3.05) is 21.3 Å². The third kappa shape index (κ3) is 3.73. The first-order valence-electron chi connectivity index (χ1n) is 8.86. The molecule has 0 aliphatic carbocycles. The van der Waals surface area contributed by atoms with Crippen LogP contribution in [-0.4, -0.2) is 27.2 Å². The number of nitrogens with two attached hydrogens (primary N) is 2. The number of nitriles is 1. The van der Waals surface area contributed by atoms with Crippen LogP contribution in [0.3, 0.4) is 0 Å². The van der Waals surface area contributed by atoms with Crippen LogP contribution < -0.4 is 20.9 Å². The molecule has 0 bridgehead atoms. The number of benzene rings is 2. The molecule has 4 N–H and O–H groups in total. The first-order valence-corrected chi connectivity index (χ1v) is 8.86. The molecule has 0 amide bonds. The molecule has 1 heterocycles. The van der Waals surface area contributed by atoms with Crippen LogP contribution in [0.25, 0.3) is 5.70 Å². The van der Waals surface area contributed by atoms with Crippen molar-refractivity contribution in [3.05, 3.63) is 76.7 Å². The molecule has 29 heavy (non-hydrogen) atoms. The Bertz CT molecular complexity index is 1030. The van der Waals surface area contributed by atoms with Crippen LogP contribution in [0.2, 0.25) is 0 Å². The molecule has 0 saturated carbocycles. The lowest BCUT2D eigenvalue weighted by Crippen LogP contribution is -2.29. The Morgan fingerprint density at radius 3 is 2.07 bits per heavy atom. The Kier molecular flexibility index (Phi) is 5.74. The number of aliphatic imine (C=N–C) groups is 1. The van der Waals surface area contributed by atoms with Gasteiger partial charge in [0.05, 0.1) is 25.7 Å². The lowest BCUT2D eigenvalue weighted by atomic mass is 9.81. The zero-order valence-corrected chi connectivity index (χ0v) is 16.5. The molecule has 0 radical (unpaired) electrons. The SMILES string of the molecule is CN=C1OC(N)=C(C#N)C(c2ccc(OC)cc2)C1=C(N)c1ccc(OC)cc1. The zero-order chi connectivity index (χ0) is 21.0. The fourth-order valence-corrected chi connectivity index (χ4v) is 3.24. The maximum Gasteiger partial charge on any atom is 0.222 e. The number of rotatable bonds is 4. The van der Waals surface area contributed by atoms with Crippen molar-refractivity contribution in [1.29, 1.82) is 5.26 Å². The molecule has 3 rings (SSSR count). The quantitative estimate of drug-likeness (QED) is 0.829. The number of hydrogen-bond acceptors (Lipinski definition) is 7. The van der Waals surface area contributed by atoms with Gasteiger partial charge in [0.2, 0.25) is 11.8 Å². The van der Waals surface area contributed by atoms with Gasteiger partial charge in [-0.05, 0) is 47.5 Å². The van der Waals surface area contributed by atoms with Gasteiger partial charge >= 0.3 is 0 Å². The van der Waals surface area contributed by atoms with E-state index >= 15 is 0 Å². The van der Waals surface area contributed by atoms with Crippen LogP contribution in [0, 0.1) is 11.3 Å². The highest BCUT2D eigenvalue weighted by molar-refractivity contribution is 6.04. The number of nitrogens with zero attached hydrogens (tertiary/aromatic N) is 2. The van der Waals surface area contributed by atoms with Gasteiger partial charge in [0, 0.05) is 12.7 Å². The van der Waals surface area contributed by atoms with Gasteiger partial charge < -0.3 is 25.7 Å². The van der Waals surface area contributed by atoms with Crippen molar-refractivity contribution in [3.63, 3.8) is 0 Å². The molecule has 7 heteroatoms. The molecule has 0 saturated heterocycles. The van der Waals surface area contributed by atoms with Gasteiger partial charge in [-0.15, -0.1) is 0 Å². The van der Waals surface area contributed by atoms with Gasteiger partial charge in [-0.2, -0.15) is 5.26 Å². The van der Waals surface area contributed by atoms with E-state index in [-0.39, 0.29) is 17.4 Å². The van der Waals surface area contributed by atoms with E-state index < -0.39 is 5.92 Å². The van der Waals surface area contributed by atoms with Gasteiger partial charge in [0.1, 0.15) is 23.1 Å². The van der Waals surface area contributed by atoms with Gasteiger partial charge in [-0.25, -0.2) is 0 Å². The average molecular weight is 390 g/mol. The van der Waals surface area contributed by atoms with E-state index in [9.17, 15) is 5.26 Å².